The quantitative estimate of drug-likeness (QED) is 0.359. The summed E-state index contributed by atoms with van der Waals surface area (Å²) >= 11 is 1.37. The Hall–Kier alpha value is -2.44. The number of nitrogens with one attached hydrogen (secondary N) is 2. The van der Waals surface area contributed by atoms with Crippen LogP contribution in [0.2, 0.25) is 0 Å². The molecule has 1 aromatic carbocycles. The monoisotopic (exact) mass is 527 g/mol. The lowest BCUT2D eigenvalue weighted by Gasteiger charge is -2.23. The maximum atomic E-state index is 13.1. The number of hydrogen-bond donors (Lipinski definition) is 3. The van der Waals surface area contributed by atoms with Crippen molar-refractivity contribution in [3.8, 4) is 5.75 Å². The normalized spacial score (nSPS) is 13.6. The first kappa shape index (κ1) is 28.8. The number of rotatable bonds is 12. The van der Waals surface area contributed by atoms with Crippen LogP contribution >= 0.6 is 23.7 Å². The number of thiazole rings is 1. The van der Waals surface area contributed by atoms with Gasteiger partial charge in [-0.2, -0.15) is 0 Å². The maximum absolute atomic E-state index is 13.1. The van der Waals surface area contributed by atoms with Crippen LogP contribution in [0.1, 0.15) is 40.1 Å². The van der Waals surface area contributed by atoms with Gasteiger partial charge in [0.05, 0.1) is 24.5 Å². The smallest absolute Gasteiger partial charge is 0.275 e. The molecule has 0 unspecified atom stereocenters. The van der Waals surface area contributed by atoms with E-state index in [1.165, 1.54) is 11.3 Å². The number of ether oxygens (including phenoxy) is 3. The van der Waals surface area contributed by atoms with Crippen LogP contribution in [0, 0.1) is 0 Å². The van der Waals surface area contributed by atoms with E-state index in [0.29, 0.717) is 68.1 Å². The van der Waals surface area contributed by atoms with E-state index in [-0.39, 0.29) is 36.0 Å². The van der Waals surface area contributed by atoms with Crippen molar-refractivity contribution in [1.82, 2.24) is 10.3 Å². The Morgan fingerprint density at radius 3 is 2.74 bits per heavy atom. The molecule has 1 fully saturated rings. The van der Waals surface area contributed by atoms with E-state index in [4.69, 9.17) is 19.9 Å². The number of anilines is 2. The summed E-state index contributed by atoms with van der Waals surface area (Å²) < 4.78 is 16.2. The van der Waals surface area contributed by atoms with Gasteiger partial charge < -0.3 is 35.5 Å². The van der Waals surface area contributed by atoms with Gasteiger partial charge in [-0.15, -0.1) is 23.7 Å². The Balaban J connectivity index is 0.00000432. The third-order valence-electron chi connectivity index (χ3n) is 5.34. The molecule has 0 saturated carbocycles. The molecular weight excluding hydrogens is 494 g/mol. The Labute approximate surface area is 215 Å². The molecule has 1 aliphatic rings. The first-order chi connectivity index (χ1) is 16.5. The molecule has 35 heavy (non-hydrogen) atoms. The van der Waals surface area contributed by atoms with Crippen LogP contribution in [0.5, 0.6) is 5.75 Å². The first-order valence-electron chi connectivity index (χ1n) is 11.3. The number of benzene rings is 1. The first-order valence-corrected chi connectivity index (χ1v) is 12.2. The Morgan fingerprint density at radius 2 is 2.03 bits per heavy atom. The van der Waals surface area contributed by atoms with Crippen LogP contribution < -0.4 is 26.0 Å². The summed E-state index contributed by atoms with van der Waals surface area (Å²) in [7, 11) is 3.53. The van der Waals surface area contributed by atoms with E-state index in [1.807, 2.05) is 11.9 Å². The van der Waals surface area contributed by atoms with Gasteiger partial charge in [-0.1, -0.05) is 0 Å². The zero-order valence-electron chi connectivity index (χ0n) is 20.1. The fraction of sp³-hybridized carbons (Fsp3) is 0.522. The Kier molecular flexibility index (Phi) is 12.2. The van der Waals surface area contributed by atoms with Gasteiger partial charge in [0.15, 0.2) is 5.13 Å². The van der Waals surface area contributed by atoms with Gasteiger partial charge in [-0.25, -0.2) is 4.98 Å². The van der Waals surface area contributed by atoms with Crippen molar-refractivity contribution in [2.45, 2.75) is 25.3 Å². The second-order valence-electron chi connectivity index (χ2n) is 7.94. The fourth-order valence-electron chi connectivity index (χ4n) is 3.34. The molecule has 2 amide bonds. The summed E-state index contributed by atoms with van der Waals surface area (Å²) in [4.78, 5) is 32.4. The highest BCUT2D eigenvalue weighted by Gasteiger charge is 2.22. The van der Waals surface area contributed by atoms with Gasteiger partial charge >= 0.3 is 0 Å². The summed E-state index contributed by atoms with van der Waals surface area (Å²) in [5.74, 6) is -0.122. The number of hydrogen-bond acceptors (Lipinski definition) is 9. The number of halogens is 1. The molecule has 0 atom stereocenters. The summed E-state index contributed by atoms with van der Waals surface area (Å²) in [5, 5.41) is 8.29. The molecular formula is C23H34ClN5O5S. The molecule has 0 bridgehead atoms. The van der Waals surface area contributed by atoms with Crippen molar-refractivity contribution in [3.63, 3.8) is 0 Å². The van der Waals surface area contributed by atoms with Crippen molar-refractivity contribution in [1.29, 1.82) is 0 Å². The largest absolute Gasteiger partial charge is 0.494 e. The number of amides is 2. The van der Waals surface area contributed by atoms with Crippen LogP contribution in [0.3, 0.4) is 0 Å². The Bertz CT molecular complexity index is 954. The van der Waals surface area contributed by atoms with Crippen LogP contribution in [0.25, 0.3) is 0 Å². The average Bonchev–Trinajstić information content (AvgIpc) is 3.35. The third-order valence-corrected chi connectivity index (χ3v) is 6.29. The minimum Gasteiger partial charge on any atom is -0.494 e. The summed E-state index contributed by atoms with van der Waals surface area (Å²) in [6.45, 7) is 3.41. The minimum absolute atomic E-state index is 0. The van der Waals surface area contributed by atoms with Crippen molar-refractivity contribution < 1.29 is 23.8 Å². The highest BCUT2D eigenvalue weighted by atomic mass is 35.5. The minimum atomic E-state index is -0.389. The van der Waals surface area contributed by atoms with Crippen molar-refractivity contribution in [2.24, 2.45) is 5.73 Å². The summed E-state index contributed by atoms with van der Waals surface area (Å²) in [5.41, 5.74) is 6.54. The fourth-order valence-corrected chi connectivity index (χ4v) is 4.14. The average molecular weight is 528 g/mol. The van der Waals surface area contributed by atoms with Crippen molar-refractivity contribution in [3.05, 3.63) is 34.8 Å². The zero-order chi connectivity index (χ0) is 24.3. The third kappa shape index (κ3) is 8.62. The second-order valence-corrected chi connectivity index (χ2v) is 8.78. The van der Waals surface area contributed by atoms with E-state index in [9.17, 15) is 9.59 Å². The van der Waals surface area contributed by atoms with Crippen molar-refractivity contribution in [2.75, 3.05) is 63.9 Å². The van der Waals surface area contributed by atoms with Gasteiger partial charge in [-0.3, -0.25) is 9.59 Å². The highest BCUT2D eigenvalue weighted by molar-refractivity contribution is 7.13. The molecule has 3 rings (SSSR count). The molecule has 0 aliphatic carbocycles. The van der Waals surface area contributed by atoms with Crippen LogP contribution in [-0.2, 0) is 9.47 Å². The lowest BCUT2D eigenvalue weighted by atomic mass is 10.1. The van der Waals surface area contributed by atoms with E-state index in [2.05, 4.69) is 15.6 Å². The molecule has 10 nitrogen and oxygen atoms in total. The number of carbonyl (C=O) groups is 2. The molecule has 1 aliphatic heterocycles. The molecule has 2 aromatic rings. The Morgan fingerprint density at radius 1 is 1.26 bits per heavy atom. The van der Waals surface area contributed by atoms with E-state index in [1.54, 1.807) is 30.7 Å². The van der Waals surface area contributed by atoms with Crippen LogP contribution in [0.4, 0.5) is 10.8 Å². The molecule has 0 radical (unpaired) electrons. The summed E-state index contributed by atoms with van der Waals surface area (Å²) in [6.07, 6.45) is 2.20. The topological polar surface area (TPSA) is 128 Å². The number of nitrogens with zero attached hydrogens (tertiary/aromatic N) is 2. The molecule has 1 aromatic heterocycles. The van der Waals surface area contributed by atoms with Gasteiger partial charge in [0, 0.05) is 45.3 Å². The summed E-state index contributed by atoms with van der Waals surface area (Å²) in [6, 6.07) is 5.07. The van der Waals surface area contributed by atoms with Gasteiger partial charge in [0.25, 0.3) is 11.8 Å². The van der Waals surface area contributed by atoms with Crippen molar-refractivity contribution >= 4 is 46.4 Å². The van der Waals surface area contributed by atoms with Gasteiger partial charge in [0.2, 0.25) is 0 Å². The van der Waals surface area contributed by atoms with E-state index in [0.717, 1.165) is 12.8 Å². The van der Waals surface area contributed by atoms with Crippen LogP contribution in [0.15, 0.2) is 23.6 Å². The standard InChI is InChI=1S/C23H33N5O5S.ClH/c1-28(9-13-31-2)23-27-20(15-34-23)22(30)26-19-5-4-17(33-10-3-8-24)14-18(19)21(29)25-16-6-11-32-12-7-16;/h4-5,14-16H,3,6-13,24H2,1-2H3,(H,25,29)(H,26,30);1H. The number of nitrogens with two attached hydrogens (primary N) is 1. The lowest BCUT2D eigenvalue weighted by molar-refractivity contribution is 0.0696. The molecule has 4 N–H and O–H groups in total. The van der Waals surface area contributed by atoms with Crippen LogP contribution in [-0.4, -0.2) is 76.5 Å². The SMILES string of the molecule is COCCN(C)c1nc(C(=O)Nc2ccc(OCCCN)cc2C(=O)NC2CCOCC2)cs1.Cl. The van der Waals surface area contributed by atoms with E-state index >= 15 is 0 Å². The second kappa shape index (κ2) is 14.8. The van der Waals surface area contributed by atoms with E-state index < -0.39 is 0 Å². The molecule has 194 valence electrons. The lowest BCUT2D eigenvalue weighted by Crippen LogP contribution is -2.39. The molecule has 1 saturated heterocycles. The number of methoxy groups -OCH3 is 1. The number of aromatic nitrogens is 1. The maximum Gasteiger partial charge on any atom is 0.275 e. The number of carbonyl (C=O) groups excluding carboxylic acids is 2. The van der Waals surface area contributed by atoms with Gasteiger partial charge in [0.1, 0.15) is 11.4 Å². The predicted molar refractivity (Wildman–Crippen MR) is 139 cm³/mol. The molecule has 12 heteroatoms. The van der Waals surface area contributed by atoms with Gasteiger partial charge in [-0.05, 0) is 44.0 Å². The highest BCUT2D eigenvalue weighted by Crippen LogP contribution is 2.25. The zero-order valence-corrected chi connectivity index (χ0v) is 21.7. The molecule has 0 spiro atoms. The predicted octanol–water partition coefficient (Wildman–Crippen LogP) is 2.54. The molecule has 2 heterocycles. The number of likely N-dealkylation sites (N-methyl/N-ethyl adjacent to an activating group) is 1.